The molecule has 3 aromatic rings. The number of nitrogens with one attached hydrogen (secondary N) is 2. The highest BCUT2D eigenvalue weighted by Crippen LogP contribution is 2.22. The quantitative estimate of drug-likeness (QED) is 0.708. The van der Waals surface area contributed by atoms with Crippen molar-refractivity contribution < 1.29 is 9.59 Å². The van der Waals surface area contributed by atoms with E-state index in [0.29, 0.717) is 16.1 Å². The molecule has 0 saturated carbocycles. The van der Waals surface area contributed by atoms with E-state index in [1.165, 1.54) is 16.2 Å². The number of aryl methyl sites for hydroxylation is 2. The second-order valence-corrected chi connectivity index (χ2v) is 6.58. The molecule has 0 aliphatic rings. The molecule has 3 rings (SSSR count). The van der Waals surface area contributed by atoms with Gasteiger partial charge in [-0.15, -0.1) is 11.3 Å². The fourth-order valence-electron chi connectivity index (χ4n) is 2.50. The molecular formula is C18H18N4O2S. The molecule has 0 radical (unpaired) electrons. The number of aromatic nitrogens is 2. The molecule has 0 aliphatic carbocycles. The van der Waals surface area contributed by atoms with Crippen molar-refractivity contribution in [3.8, 4) is 5.69 Å². The van der Waals surface area contributed by atoms with Crippen LogP contribution in [-0.2, 0) is 6.42 Å². The highest BCUT2D eigenvalue weighted by Gasteiger charge is 2.15. The van der Waals surface area contributed by atoms with Crippen molar-refractivity contribution in [2.75, 3.05) is 0 Å². The van der Waals surface area contributed by atoms with Gasteiger partial charge in [-0.3, -0.25) is 20.4 Å². The van der Waals surface area contributed by atoms with Crippen LogP contribution in [0, 0.1) is 6.92 Å². The van der Waals surface area contributed by atoms with Gasteiger partial charge in [-0.1, -0.05) is 19.1 Å². The monoisotopic (exact) mass is 354 g/mol. The van der Waals surface area contributed by atoms with Gasteiger partial charge in [-0.05, 0) is 43.2 Å². The molecule has 0 unspecified atom stereocenters. The van der Waals surface area contributed by atoms with Gasteiger partial charge in [0.25, 0.3) is 11.8 Å². The second-order valence-electron chi connectivity index (χ2n) is 5.45. The van der Waals surface area contributed by atoms with Gasteiger partial charge in [0.1, 0.15) is 0 Å². The molecule has 128 valence electrons. The van der Waals surface area contributed by atoms with Crippen molar-refractivity contribution in [2.24, 2.45) is 0 Å². The molecule has 0 bridgehead atoms. The molecule has 2 amide bonds. The summed E-state index contributed by atoms with van der Waals surface area (Å²) in [6.07, 6.45) is 4.28. The molecule has 0 spiro atoms. The third-order valence-electron chi connectivity index (χ3n) is 3.75. The van der Waals surface area contributed by atoms with Crippen molar-refractivity contribution in [3.05, 3.63) is 69.7 Å². The third-order valence-corrected chi connectivity index (χ3v) is 5.14. The zero-order chi connectivity index (χ0) is 17.8. The van der Waals surface area contributed by atoms with Crippen LogP contribution >= 0.6 is 11.3 Å². The first kappa shape index (κ1) is 16.9. The van der Waals surface area contributed by atoms with Crippen LogP contribution in [0.15, 0.2) is 48.8 Å². The van der Waals surface area contributed by atoms with Gasteiger partial charge in [0.05, 0.1) is 16.1 Å². The Bertz CT molecular complexity index is 900. The van der Waals surface area contributed by atoms with Gasteiger partial charge < -0.3 is 0 Å². The number of thiophene rings is 1. The number of hydrazine groups is 1. The lowest BCUT2D eigenvalue weighted by molar-refractivity contribution is 0.0849. The van der Waals surface area contributed by atoms with E-state index >= 15 is 0 Å². The number of benzene rings is 1. The van der Waals surface area contributed by atoms with Crippen LogP contribution in [0.2, 0.25) is 0 Å². The van der Waals surface area contributed by atoms with E-state index in [9.17, 15) is 9.59 Å². The number of nitrogens with zero attached hydrogens (tertiary/aromatic N) is 2. The lowest BCUT2D eigenvalue weighted by Crippen LogP contribution is -2.41. The van der Waals surface area contributed by atoms with Crippen LogP contribution in [0.5, 0.6) is 0 Å². The summed E-state index contributed by atoms with van der Waals surface area (Å²) in [6, 6.07) is 10.7. The lowest BCUT2D eigenvalue weighted by atomic mass is 10.1. The largest absolute Gasteiger partial charge is 0.279 e. The summed E-state index contributed by atoms with van der Waals surface area (Å²) in [5.74, 6) is -0.721. The average Bonchev–Trinajstić information content (AvgIpc) is 3.29. The Morgan fingerprint density at radius 2 is 1.92 bits per heavy atom. The molecule has 2 aromatic heterocycles. The van der Waals surface area contributed by atoms with Gasteiger partial charge in [0, 0.05) is 17.3 Å². The van der Waals surface area contributed by atoms with E-state index in [4.69, 9.17) is 0 Å². The normalized spacial score (nSPS) is 10.5. The Morgan fingerprint density at radius 3 is 2.60 bits per heavy atom. The topological polar surface area (TPSA) is 76.0 Å². The molecule has 2 N–H and O–H groups in total. The van der Waals surface area contributed by atoms with Crippen LogP contribution < -0.4 is 10.9 Å². The Labute approximate surface area is 149 Å². The Kier molecular flexibility index (Phi) is 4.95. The standard InChI is InChI=1S/C18H18N4O2S/c1-3-15-12(2)11-16(25-15)18(24)21-20-17(23)13-7-4-5-8-14(13)22-10-6-9-19-22/h4-11H,3H2,1-2H3,(H,20,23)(H,21,24). The first-order chi connectivity index (χ1) is 12.1. The molecule has 7 heteroatoms. The van der Waals surface area contributed by atoms with Crippen molar-refractivity contribution in [1.29, 1.82) is 0 Å². The smallest absolute Gasteiger partial charge is 0.267 e. The van der Waals surface area contributed by atoms with Crippen LogP contribution in [0.25, 0.3) is 5.69 Å². The molecule has 0 atom stereocenters. The predicted octanol–water partition coefficient (Wildman–Crippen LogP) is 2.88. The van der Waals surface area contributed by atoms with E-state index < -0.39 is 5.91 Å². The van der Waals surface area contributed by atoms with Crippen molar-refractivity contribution in [1.82, 2.24) is 20.6 Å². The second kappa shape index (κ2) is 7.31. The number of hydrogen-bond donors (Lipinski definition) is 2. The van der Waals surface area contributed by atoms with E-state index in [2.05, 4.69) is 22.9 Å². The molecular weight excluding hydrogens is 336 g/mol. The predicted molar refractivity (Wildman–Crippen MR) is 96.9 cm³/mol. The average molecular weight is 354 g/mol. The van der Waals surface area contributed by atoms with Gasteiger partial charge in [-0.25, -0.2) is 4.68 Å². The van der Waals surface area contributed by atoms with E-state index in [0.717, 1.165) is 12.0 Å². The molecule has 0 fully saturated rings. The highest BCUT2D eigenvalue weighted by molar-refractivity contribution is 7.14. The maximum Gasteiger partial charge on any atom is 0.279 e. The lowest BCUT2D eigenvalue weighted by Gasteiger charge is -2.10. The maximum absolute atomic E-state index is 12.5. The minimum absolute atomic E-state index is 0.322. The van der Waals surface area contributed by atoms with Crippen LogP contribution in [0.4, 0.5) is 0 Å². The number of carbonyl (C=O) groups excluding carboxylic acids is 2. The van der Waals surface area contributed by atoms with E-state index in [1.54, 1.807) is 41.3 Å². The number of para-hydroxylation sites is 1. The Hall–Kier alpha value is -2.93. The summed E-state index contributed by atoms with van der Waals surface area (Å²) in [7, 11) is 0. The van der Waals surface area contributed by atoms with Crippen molar-refractivity contribution in [2.45, 2.75) is 20.3 Å². The summed E-state index contributed by atoms with van der Waals surface area (Å²) in [4.78, 5) is 26.4. The van der Waals surface area contributed by atoms with Crippen molar-refractivity contribution in [3.63, 3.8) is 0 Å². The first-order valence-electron chi connectivity index (χ1n) is 7.89. The maximum atomic E-state index is 12.5. The van der Waals surface area contributed by atoms with Crippen molar-refractivity contribution >= 4 is 23.2 Å². The fraction of sp³-hybridized carbons (Fsp3) is 0.167. The van der Waals surface area contributed by atoms with E-state index in [1.807, 2.05) is 19.1 Å². The molecule has 6 nitrogen and oxygen atoms in total. The minimum atomic E-state index is -0.400. The molecule has 1 aromatic carbocycles. The summed E-state index contributed by atoms with van der Waals surface area (Å²) < 4.78 is 1.60. The Balaban J connectivity index is 1.72. The number of rotatable bonds is 4. The first-order valence-corrected chi connectivity index (χ1v) is 8.71. The summed E-state index contributed by atoms with van der Waals surface area (Å²) in [6.45, 7) is 4.03. The zero-order valence-corrected chi connectivity index (χ0v) is 14.8. The molecule has 0 aliphatic heterocycles. The molecule has 25 heavy (non-hydrogen) atoms. The zero-order valence-electron chi connectivity index (χ0n) is 13.9. The van der Waals surface area contributed by atoms with Gasteiger partial charge in [-0.2, -0.15) is 5.10 Å². The third kappa shape index (κ3) is 3.61. The number of carbonyl (C=O) groups is 2. The number of hydrogen-bond acceptors (Lipinski definition) is 4. The van der Waals surface area contributed by atoms with Crippen LogP contribution in [0.3, 0.4) is 0 Å². The van der Waals surface area contributed by atoms with E-state index in [-0.39, 0.29) is 5.91 Å². The fourth-order valence-corrected chi connectivity index (χ4v) is 3.51. The van der Waals surface area contributed by atoms with Gasteiger partial charge in [0.15, 0.2) is 0 Å². The SMILES string of the molecule is CCc1sc(C(=O)NNC(=O)c2ccccc2-n2cccn2)cc1C. The summed E-state index contributed by atoms with van der Waals surface area (Å²) in [5.41, 5.74) is 7.10. The van der Waals surface area contributed by atoms with Crippen LogP contribution in [0.1, 0.15) is 37.4 Å². The van der Waals surface area contributed by atoms with Gasteiger partial charge >= 0.3 is 0 Å². The summed E-state index contributed by atoms with van der Waals surface area (Å²) in [5, 5.41) is 4.15. The Morgan fingerprint density at radius 1 is 1.16 bits per heavy atom. The molecule has 2 heterocycles. The highest BCUT2D eigenvalue weighted by atomic mass is 32.1. The molecule has 0 saturated heterocycles. The minimum Gasteiger partial charge on any atom is -0.267 e. The number of amides is 2. The van der Waals surface area contributed by atoms with Gasteiger partial charge in [0.2, 0.25) is 0 Å². The summed E-state index contributed by atoms with van der Waals surface area (Å²) >= 11 is 1.44. The van der Waals surface area contributed by atoms with Crippen LogP contribution in [-0.4, -0.2) is 21.6 Å².